The van der Waals surface area contributed by atoms with Crippen molar-refractivity contribution in [2.24, 2.45) is 5.73 Å². The SMILES string of the molecule is CCS(=O)(=O)CCNC(=O)c1ncccc1C#CCN. The van der Waals surface area contributed by atoms with Crippen LogP contribution in [0.15, 0.2) is 18.3 Å². The van der Waals surface area contributed by atoms with Crippen molar-refractivity contribution in [1.29, 1.82) is 0 Å². The molecule has 20 heavy (non-hydrogen) atoms. The number of nitrogens with two attached hydrogens (primary N) is 1. The third kappa shape index (κ3) is 4.99. The monoisotopic (exact) mass is 295 g/mol. The average Bonchev–Trinajstić information content (AvgIpc) is 2.45. The lowest BCUT2D eigenvalue weighted by atomic mass is 10.2. The highest BCUT2D eigenvalue weighted by molar-refractivity contribution is 7.91. The van der Waals surface area contributed by atoms with Gasteiger partial charge < -0.3 is 11.1 Å². The second-order valence-corrected chi connectivity index (χ2v) is 6.37. The Hall–Kier alpha value is -1.91. The second-order valence-electron chi connectivity index (χ2n) is 3.90. The first kappa shape index (κ1) is 16.1. The van der Waals surface area contributed by atoms with Crippen LogP contribution in [-0.4, -0.2) is 43.9 Å². The van der Waals surface area contributed by atoms with Crippen molar-refractivity contribution >= 4 is 15.7 Å². The van der Waals surface area contributed by atoms with Crippen molar-refractivity contribution in [2.75, 3.05) is 24.6 Å². The summed E-state index contributed by atoms with van der Waals surface area (Å²) in [6.07, 6.45) is 1.48. The molecule has 1 rings (SSSR count). The highest BCUT2D eigenvalue weighted by Crippen LogP contribution is 2.03. The van der Waals surface area contributed by atoms with Crippen LogP contribution >= 0.6 is 0 Å². The number of amides is 1. The largest absolute Gasteiger partial charge is 0.350 e. The van der Waals surface area contributed by atoms with E-state index in [2.05, 4.69) is 22.1 Å². The summed E-state index contributed by atoms with van der Waals surface area (Å²) in [5, 5.41) is 2.53. The summed E-state index contributed by atoms with van der Waals surface area (Å²) in [5.74, 6) is 4.92. The number of sulfone groups is 1. The lowest BCUT2D eigenvalue weighted by molar-refractivity contribution is 0.0951. The fourth-order valence-electron chi connectivity index (χ4n) is 1.38. The molecule has 7 heteroatoms. The Balaban J connectivity index is 2.73. The van der Waals surface area contributed by atoms with E-state index in [4.69, 9.17) is 5.73 Å². The molecule has 0 saturated heterocycles. The van der Waals surface area contributed by atoms with Gasteiger partial charge in [-0.15, -0.1) is 0 Å². The third-order valence-electron chi connectivity index (χ3n) is 2.49. The molecular weight excluding hydrogens is 278 g/mol. The number of hydrogen-bond acceptors (Lipinski definition) is 5. The number of hydrogen-bond donors (Lipinski definition) is 2. The first-order valence-corrected chi connectivity index (χ1v) is 7.95. The lowest BCUT2D eigenvalue weighted by Crippen LogP contribution is -2.30. The van der Waals surface area contributed by atoms with Gasteiger partial charge in [0.15, 0.2) is 9.84 Å². The molecule has 3 N–H and O–H groups in total. The molecule has 0 spiro atoms. The third-order valence-corrected chi connectivity index (χ3v) is 4.19. The van der Waals surface area contributed by atoms with Crippen LogP contribution in [0.2, 0.25) is 0 Å². The molecule has 0 aromatic carbocycles. The van der Waals surface area contributed by atoms with Gasteiger partial charge in [-0.3, -0.25) is 4.79 Å². The smallest absolute Gasteiger partial charge is 0.271 e. The number of rotatable bonds is 5. The Bertz CT molecular complexity index is 630. The molecule has 1 aromatic heterocycles. The number of pyridine rings is 1. The van der Waals surface area contributed by atoms with E-state index in [1.165, 1.54) is 6.20 Å². The van der Waals surface area contributed by atoms with E-state index in [0.29, 0.717) is 5.56 Å². The fraction of sp³-hybridized carbons (Fsp3) is 0.385. The maximum atomic E-state index is 11.9. The molecular formula is C13H17N3O3S. The van der Waals surface area contributed by atoms with Crippen LogP contribution in [0.5, 0.6) is 0 Å². The van der Waals surface area contributed by atoms with Crippen molar-refractivity contribution in [1.82, 2.24) is 10.3 Å². The molecule has 0 bridgehead atoms. The first-order valence-electron chi connectivity index (χ1n) is 6.12. The number of carbonyl (C=O) groups is 1. The Kier molecular flexibility index (Phi) is 6.15. The molecule has 0 aliphatic carbocycles. The molecule has 0 aliphatic heterocycles. The molecule has 0 fully saturated rings. The van der Waals surface area contributed by atoms with Crippen molar-refractivity contribution in [3.63, 3.8) is 0 Å². The Morgan fingerprint density at radius 1 is 1.50 bits per heavy atom. The average molecular weight is 295 g/mol. The molecule has 1 aromatic rings. The van der Waals surface area contributed by atoms with Crippen molar-refractivity contribution in [3.05, 3.63) is 29.6 Å². The number of carbonyl (C=O) groups excluding carboxylic acids is 1. The molecule has 0 unspecified atom stereocenters. The van der Waals surface area contributed by atoms with E-state index in [0.717, 1.165) is 0 Å². The lowest BCUT2D eigenvalue weighted by Gasteiger charge is -2.06. The van der Waals surface area contributed by atoms with Crippen LogP contribution in [0.1, 0.15) is 23.0 Å². The van der Waals surface area contributed by atoms with Gasteiger partial charge in [-0.25, -0.2) is 13.4 Å². The van der Waals surface area contributed by atoms with Gasteiger partial charge in [0.05, 0.1) is 17.9 Å². The summed E-state index contributed by atoms with van der Waals surface area (Å²) in [6, 6.07) is 3.33. The van der Waals surface area contributed by atoms with Crippen molar-refractivity contribution in [2.45, 2.75) is 6.92 Å². The van der Waals surface area contributed by atoms with Crippen LogP contribution in [0.3, 0.4) is 0 Å². The number of nitrogens with zero attached hydrogens (tertiary/aromatic N) is 1. The minimum absolute atomic E-state index is 0.0509. The maximum absolute atomic E-state index is 11.9. The Morgan fingerprint density at radius 2 is 2.25 bits per heavy atom. The van der Waals surface area contributed by atoms with E-state index in [1.54, 1.807) is 19.1 Å². The topological polar surface area (TPSA) is 102 Å². The molecule has 0 saturated carbocycles. The van der Waals surface area contributed by atoms with Crippen molar-refractivity contribution < 1.29 is 13.2 Å². The summed E-state index contributed by atoms with van der Waals surface area (Å²) in [5.41, 5.74) is 5.92. The van der Waals surface area contributed by atoms with Gasteiger partial charge in [0, 0.05) is 18.5 Å². The van der Waals surface area contributed by atoms with E-state index < -0.39 is 15.7 Å². The van der Waals surface area contributed by atoms with E-state index in [9.17, 15) is 13.2 Å². The Labute approximate surface area is 118 Å². The van der Waals surface area contributed by atoms with Gasteiger partial charge in [0.25, 0.3) is 5.91 Å². The van der Waals surface area contributed by atoms with Gasteiger partial charge >= 0.3 is 0 Å². The van der Waals surface area contributed by atoms with E-state index in [1.807, 2.05) is 0 Å². The molecule has 0 radical (unpaired) electrons. The standard InChI is InChI=1S/C13H17N3O3S/c1-2-20(18,19)10-9-16-13(17)12-11(5-3-7-14)6-4-8-15-12/h4,6,8H,2,7,9-10,14H2,1H3,(H,16,17). The quantitative estimate of drug-likeness (QED) is 0.717. The first-order chi connectivity index (χ1) is 9.50. The summed E-state index contributed by atoms with van der Waals surface area (Å²) < 4.78 is 22.6. The molecule has 6 nitrogen and oxygen atoms in total. The van der Waals surface area contributed by atoms with Crippen molar-refractivity contribution in [3.8, 4) is 11.8 Å². The minimum atomic E-state index is -3.10. The molecule has 108 valence electrons. The van der Waals surface area contributed by atoms with Crippen LogP contribution < -0.4 is 11.1 Å². The summed E-state index contributed by atoms with van der Waals surface area (Å²) >= 11 is 0. The zero-order chi connectivity index (χ0) is 15.0. The van der Waals surface area contributed by atoms with Gasteiger partial charge in [0.1, 0.15) is 5.69 Å². The van der Waals surface area contributed by atoms with E-state index in [-0.39, 0.29) is 30.3 Å². The molecule has 1 heterocycles. The summed E-state index contributed by atoms with van der Waals surface area (Å²) in [7, 11) is -3.10. The van der Waals surface area contributed by atoms with Gasteiger partial charge in [-0.2, -0.15) is 0 Å². The van der Waals surface area contributed by atoms with Gasteiger partial charge in [0.2, 0.25) is 0 Å². The van der Waals surface area contributed by atoms with Gasteiger partial charge in [-0.1, -0.05) is 18.8 Å². The van der Waals surface area contributed by atoms with Crippen LogP contribution in [0.25, 0.3) is 0 Å². The second kappa shape index (κ2) is 7.62. The molecule has 0 aliphatic rings. The van der Waals surface area contributed by atoms with E-state index >= 15 is 0 Å². The zero-order valence-corrected chi connectivity index (χ0v) is 12.0. The predicted octanol–water partition coefficient (Wildman–Crippen LogP) is -0.444. The predicted molar refractivity (Wildman–Crippen MR) is 76.8 cm³/mol. The van der Waals surface area contributed by atoms with Crippen LogP contribution in [0.4, 0.5) is 0 Å². The highest BCUT2D eigenvalue weighted by Gasteiger charge is 2.13. The van der Waals surface area contributed by atoms with Gasteiger partial charge in [-0.05, 0) is 12.1 Å². The highest BCUT2D eigenvalue weighted by atomic mass is 32.2. The molecule has 0 atom stereocenters. The minimum Gasteiger partial charge on any atom is -0.350 e. The number of nitrogens with one attached hydrogen (secondary N) is 1. The fourth-order valence-corrected chi connectivity index (χ4v) is 2.08. The van der Waals surface area contributed by atoms with Crippen LogP contribution in [0, 0.1) is 11.8 Å². The zero-order valence-electron chi connectivity index (χ0n) is 11.2. The molecule has 1 amide bonds. The maximum Gasteiger partial charge on any atom is 0.271 e. The van der Waals surface area contributed by atoms with Crippen LogP contribution in [-0.2, 0) is 9.84 Å². The number of aromatic nitrogens is 1. The Morgan fingerprint density at radius 3 is 2.90 bits per heavy atom. The summed E-state index contributed by atoms with van der Waals surface area (Å²) in [6.45, 7) is 1.80. The normalized spacial score (nSPS) is 10.5. The summed E-state index contributed by atoms with van der Waals surface area (Å²) in [4.78, 5) is 15.9.